The van der Waals surface area contributed by atoms with E-state index >= 15 is 0 Å². The summed E-state index contributed by atoms with van der Waals surface area (Å²) in [6.45, 7) is 2.02. The van der Waals surface area contributed by atoms with E-state index in [2.05, 4.69) is 10.3 Å². The van der Waals surface area contributed by atoms with Gasteiger partial charge in [-0.2, -0.15) is 13.2 Å². The molecule has 0 saturated heterocycles. The van der Waals surface area contributed by atoms with Crippen LogP contribution in [0.4, 0.5) is 18.9 Å². The van der Waals surface area contributed by atoms with E-state index in [-0.39, 0.29) is 10.6 Å². The highest BCUT2D eigenvalue weighted by atomic mass is 35.5. The van der Waals surface area contributed by atoms with Crippen LogP contribution >= 0.6 is 23.4 Å². The Labute approximate surface area is 153 Å². The minimum absolute atomic E-state index is 0.0795. The summed E-state index contributed by atoms with van der Waals surface area (Å²) in [6.07, 6.45) is -3.54. The van der Waals surface area contributed by atoms with Gasteiger partial charge in [-0.1, -0.05) is 42.8 Å². The van der Waals surface area contributed by atoms with Crippen molar-refractivity contribution in [1.82, 2.24) is 0 Å². The summed E-state index contributed by atoms with van der Waals surface area (Å²) in [6, 6.07) is 12.7. The minimum atomic E-state index is -4.36. The molecule has 0 saturated carbocycles. The van der Waals surface area contributed by atoms with Gasteiger partial charge in [0.15, 0.2) is 0 Å². The maximum Gasteiger partial charge on any atom is 0.416 e. The van der Waals surface area contributed by atoms with Crippen molar-refractivity contribution in [2.75, 3.05) is 5.32 Å². The Hall–Kier alpha value is -1.66. The molecule has 0 radical (unpaired) electrons. The molecule has 0 amide bonds. The van der Waals surface area contributed by atoms with Crippen molar-refractivity contribution >= 4 is 34.9 Å². The minimum Gasteiger partial charge on any atom is -0.342 e. The summed E-state index contributed by atoms with van der Waals surface area (Å²) >= 11 is 7.71. The summed E-state index contributed by atoms with van der Waals surface area (Å²) in [5, 5.41) is 3.52. The van der Waals surface area contributed by atoms with Gasteiger partial charge in [-0.3, -0.25) is 4.99 Å². The molecule has 2 unspecified atom stereocenters. The zero-order valence-corrected chi connectivity index (χ0v) is 14.9. The lowest BCUT2D eigenvalue weighted by atomic mass is 10.1. The number of para-hydroxylation sites is 1. The second-order valence-electron chi connectivity index (χ2n) is 5.63. The van der Waals surface area contributed by atoms with Gasteiger partial charge in [-0.05, 0) is 36.2 Å². The predicted octanol–water partition coefficient (Wildman–Crippen LogP) is 6.39. The zero-order valence-electron chi connectivity index (χ0n) is 13.3. The number of alkyl halides is 3. The number of nitrogens with zero attached hydrogens (tertiary/aromatic N) is 1. The van der Waals surface area contributed by atoms with E-state index in [9.17, 15) is 13.2 Å². The van der Waals surface area contributed by atoms with E-state index < -0.39 is 11.7 Å². The molecule has 7 heteroatoms. The molecule has 0 aromatic heterocycles. The Bertz CT molecular complexity index is 792. The van der Waals surface area contributed by atoms with Crippen LogP contribution in [0.2, 0.25) is 5.02 Å². The fourth-order valence-corrected chi connectivity index (χ4v) is 4.00. The summed E-state index contributed by atoms with van der Waals surface area (Å²) in [7, 11) is 0. The molecule has 0 spiro atoms. The first-order valence-corrected chi connectivity index (χ1v) is 9.12. The Morgan fingerprint density at radius 3 is 2.60 bits per heavy atom. The van der Waals surface area contributed by atoms with Crippen LogP contribution in [-0.4, -0.2) is 11.1 Å². The Morgan fingerprint density at radius 1 is 1.16 bits per heavy atom. The third kappa shape index (κ3) is 4.12. The van der Waals surface area contributed by atoms with Crippen molar-refractivity contribution in [3.63, 3.8) is 0 Å². The number of nitrogens with one attached hydrogen (secondary N) is 1. The Balaban J connectivity index is 1.87. The predicted molar refractivity (Wildman–Crippen MR) is 98.4 cm³/mol. The molecule has 0 aliphatic carbocycles. The van der Waals surface area contributed by atoms with Crippen molar-refractivity contribution in [2.24, 2.45) is 4.99 Å². The first-order chi connectivity index (χ1) is 11.9. The van der Waals surface area contributed by atoms with Crippen molar-refractivity contribution in [3.05, 3.63) is 64.7 Å². The number of rotatable bonds is 3. The standard InChI is InChI=1S/C18H16ClF3N2S/c1-2-15-16(23-14-9-4-3-8-13(14)19)24-17(25-15)11-6-5-7-12(10-11)18(20,21)22/h3-10,15,17H,2H2,1H3,(H,23,24). The monoisotopic (exact) mass is 384 g/mol. The summed E-state index contributed by atoms with van der Waals surface area (Å²) < 4.78 is 38.8. The van der Waals surface area contributed by atoms with Crippen LogP contribution in [-0.2, 0) is 6.18 Å². The molecule has 132 valence electrons. The molecule has 2 aromatic carbocycles. The summed E-state index contributed by atoms with van der Waals surface area (Å²) in [4.78, 5) is 4.61. The molecule has 3 rings (SSSR count). The molecule has 1 aliphatic heterocycles. The van der Waals surface area contributed by atoms with E-state index in [0.717, 1.165) is 24.0 Å². The van der Waals surface area contributed by atoms with Crippen LogP contribution in [0.1, 0.15) is 29.8 Å². The third-order valence-electron chi connectivity index (χ3n) is 3.86. The number of aliphatic imine (C=N–C) groups is 1. The molecule has 0 bridgehead atoms. The number of thioether (sulfide) groups is 1. The second-order valence-corrected chi connectivity index (χ2v) is 7.32. The SMILES string of the molecule is CCC1SC(c2cccc(C(F)(F)F)c2)N=C1Nc1ccccc1Cl. The molecule has 2 nitrogen and oxygen atoms in total. The highest BCUT2D eigenvalue weighted by molar-refractivity contribution is 8.01. The van der Waals surface area contributed by atoms with Gasteiger partial charge in [0.05, 0.1) is 21.5 Å². The lowest BCUT2D eigenvalue weighted by Gasteiger charge is -2.13. The molecular weight excluding hydrogens is 369 g/mol. The van der Waals surface area contributed by atoms with Crippen LogP contribution in [0.15, 0.2) is 53.5 Å². The number of hydrogen-bond acceptors (Lipinski definition) is 3. The van der Waals surface area contributed by atoms with Gasteiger partial charge >= 0.3 is 6.18 Å². The van der Waals surface area contributed by atoms with Crippen LogP contribution in [0.5, 0.6) is 0 Å². The van der Waals surface area contributed by atoms with E-state index in [1.165, 1.54) is 23.9 Å². The van der Waals surface area contributed by atoms with Gasteiger partial charge in [-0.15, -0.1) is 11.8 Å². The number of anilines is 1. The number of benzene rings is 2. The van der Waals surface area contributed by atoms with Crippen LogP contribution in [0, 0.1) is 0 Å². The van der Waals surface area contributed by atoms with Crippen LogP contribution in [0.3, 0.4) is 0 Å². The quantitative estimate of drug-likeness (QED) is 0.662. The highest BCUT2D eigenvalue weighted by Gasteiger charge is 2.33. The van der Waals surface area contributed by atoms with Gasteiger partial charge in [0.1, 0.15) is 11.2 Å². The Kier molecular flexibility index (Phi) is 5.29. The second kappa shape index (κ2) is 7.30. The molecule has 2 aromatic rings. The van der Waals surface area contributed by atoms with Crippen LogP contribution < -0.4 is 5.32 Å². The van der Waals surface area contributed by atoms with Crippen molar-refractivity contribution < 1.29 is 13.2 Å². The average molecular weight is 385 g/mol. The number of amidine groups is 1. The third-order valence-corrected chi connectivity index (χ3v) is 5.71. The van der Waals surface area contributed by atoms with Gasteiger partial charge in [-0.25, -0.2) is 0 Å². The van der Waals surface area contributed by atoms with E-state index in [1.54, 1.807) is 12.1 Å². The zero-order chi connectivity index (χ0) is 18.0. The fourth-order valence-electron chi connectivity index (χ4n) is 2.58. The van der Waals surface area contributed by atoms with Gasteiger partial charge in [0.25, 0.3) is 0 Å². The molecule has 2 atom stereocenters. The van der Waals surface area contributed by atoms with E-state index in [1.807, 2.05) is 25.1 Å². The van der Waals surface area contributed by atoms with Crippen molar-refractivity contribution in [3.8, 4) is 0 Å². The Morgan fingerprint density at radius 2 is 1.92 bits per heavy atom. The average Bonchev–Trinajstić information content (AvgIpc) is 2.99. The molecule has 1 N–H and O–H groups in total. The van der Waals surface area contributed by atoms with Crippen molar-refractivity contribution in [1.29, 1.82) is 0 Å². The van der Waals surface area contributed by atoms with Crippen molar-refractivity contribution in [2.45, 2.75) is 30.1 Å². The molecule has 1 aliphatic rings. The molecule has 25 heavy (non-hydrogen) atoms. The van der Waals surface area contributed by atoms with Gasteiger partial charge < -0.3 is 5.32 Å². The van der Waals surface area contributed by atoms with Gasteiger partial charge in [0, 0.05) is 0 Å². The van der Waals surface area contributed by atoms with E-state index in [0.29, 0.717) is 10.6 Å². The lowest BCUT2D eigenvalue weighted by molar-refractivity contribution is -0.137. The summed E-state index contributed by atoms with van der Waals surface area (Å²) in [5.41, 5.74) is 0.641. The maximum atomic E-state index is 12.9. The normalized spacial score (nSPS) is 20.4. The smallest absolute Gasteiger partial charge is 0.342 e. The fraction of sp³-hybridized carbons (Fsp3) is 0.278. The number of hydrogen-bond donors (Lipinski definition) is 1. The topological polar surface area (TPSA) is 24.4 Å². The lowest BCUT2D eigenvalue weighted by Crippen LogP contribution is -2.21. The molecule has 0 fully saturated rings. The van der Waals surface area contributed by atoms with Gasteiger partial charge in [0.2, 0.25) is 0 Å². The maximum absolute atomic E-state index is 12.9. The first-order valence-electron chi connectivity index (χ1n) is 7.80. The molecular formula is C18H16ClF3N2S. The highest BCUT2D eigenvalue weighted by Crippen LogP contribution is 2.43. The first kappa shape index (κ1) is 18.1. The number of halogens is 4. The molecule has 1 heterocycles. The largest absolute Gasteiger partial charge is 0.416 e. The van der Waals surface area contributed by atoms with E-state index in [4.69, 9.17) is 11.6 Å². The van der Waals surface area contributed by atoms with Crippen LogP contribution in [0.25, 0.3) is 0 Å². The summed E-state index contributed by atoms with van der Waals surface area (Å²) in [5.74, 6) is 0.739.